The van der Waals surface area contributed by atoms with E-state index in [0.29, 0.717) is 5.75 Å². The van der Waals surface area contributed by atoms with E-state index in [1.165, 1.54) is 6.07 Å². The van der Waals surface area contributed by atoms with Gasteiger partial charge in [0.25, 0.3) is 0 Å². The first-order valence-corrected chi connectivity index (χ1v) is 8.70. The molecule has 0 saturated carbocycles. The zero-order valence-corrected chi connectivity index (χ0v) is 16.0. The number of aryl methyl sites for hydroxylation is 2. The summed E-state index contributed by atoms with van der Waals surface area (Å²) >= 11 is 12.2. The lowest BCUT2D eigenvalue weighted by molar-refractivity contribution is -0.187. The average Bonchev–Trinajstić information content (AvgIpc) is 2.59. The van der Waals surface area contributed by atoms with Crippen LogP contribution in [0.1, 0.15) is 16.7 Å². The van der Waals surface area contributed by atoms with Gasteiger partial charge in [-0.3, -0.25) is 0 Å². The molecule has 1 aliphatic heterocycles. The Kier molecular flexibility index (Phi) is 5.25. The average molecular weight is 433 g/mol. The third-order valence-electron chi connectivity index (χ3n) is 4.09. The van der Waals surface area contributed by atoms with Crippen molar-refractivity contribution in [3.8, 4) is 17.2 Å². The molecule has 0 aromatic heterocycles. The summed E-state index contributed by atoms with van der Waals surface area (Å²) in [4.78, 5) is 11.4. The smallest absolute Gasteiger partial charge is 0.430 e. The van der Waals surface area contributed by atoms with E-state index in [1.54, 1.807) is 19.1 Å². The van der Waals surface area contributed by atoms with Crippen molar-refractivity contribution in [3.63, 3.8) is 0 Å². The maximum atomic E-state index is 13.3. The first-order chi connectivity index (χ1) is 13.0. The van der Waals surface area contributed by atoms with Crippen LogP contribution in [-0.2, 0) is 4.79 Å². The first kappa shape index (κ1) is 20.4. The Morgan fingerprint density at radius 2 is 1.86 bits per heavy atom. The van der Waals surface area contributed by atoms with E-state index in [0.717, 1.165) is 17.2 Å². The normalized spacial score (nSPS) is 16.1. The van der Waals surface area contributed by atoms with Crippen LogP contribution in [0.3, 0.4) is 0 Å². The summed E-state index contributed by atoms with van der Waals surface area (Å²) < 4.78 is 50.6. The summed E-state index contributed by atoms with van der Waals surface area (Å²) in [5.41, 5.74) is 0.563. The van der Waals surface area contributed by atoms with Crippen LogP contribution < -0.4 is 9.47 Å². The van der Waals surface area contributed by atoms with E-state index < -0.39 is 23.8 Å². The molecular formula is C19H13Cl2F3O4. The molecule has 0 saturated heterocycles. The van der Waals surface area contributed by atoms with Gasteiger partial charge < -0.3 is 14.6 Å². The number of hydrogen-bond acceptors (Lipinski definition) is 3. The monoisotopic (exact) mass is 432 g/mol. The molecule has 0 amide bonds. The number of ether oxygens (including phenoxy) is 2. The Labute approximate surface area is 168 Å². The van der Waals surface area contributed by atoms with Crippen LogP contribution in [0.25, 0.3) is 6.08 Å². The highest BCUT2D eigenvalue weighted by molar-refractivity contribution is 6.37. The first-order valence-electron chi connectivity index (χ1n) is 7.94. The Morgan fingerprint density at radius 1 is 1.18 bits per heavy atom. The molecule has 28 heavy (non-hydrogen) atoms. The number of carbonyl (C=O) groups is 1. The van der Waals surface area contributed by atoms with Crippen molar-refractivity contribution in [2.24, 2.45) is 0 Å². The lowest BCUT2D eigenvalue weighted by Gasteiger charge is -2.29. The summed E-state index contributed by atoms with van der Waals surface area (Å²) in [7, 11) is 0. The quantitative estimate of drug-likeness (QED) is 0.627. The molecule has 1 heterocycles. The number of carboxylic acids is 1. The van der Waals surface area contributed by atoms with Gasteiger partial charge in [-0.15, -0.1) is 0 Å². The molecule has 1 atom stereocenters. The number of hydrogen-bond donors (Lipinski definition) is 1. The van der Waals surface area contributed by atoms with E-state index in [9.17, 15) is 23.1 Å². The Hall–Kier alpha value is -2.38. The fourth-order valence-corrected chi connectivity index (χ4v) is 3.27. The molecule has 1 N–H and O–H groups in total. The fourth-order valence-electron chi connectivity index (χ4n) is 2.71. The Balaban J connectivity index is 2.20. The van der Waals surface area contributed by atoms with Crippen LogP contribution in [0.5, 0.6) is 17.2 Å². The third kappa shape index (κ3) is 3.77. The molecule has 2 aromatic carbocycles. The lowest BCUT2D eigenvalue weighted by Crippen LogP contribution is -2.40. The van der Waals surface area contributed by atoms with Gasteiger partial charge >= 0.3 is 12.1 Å². The summed E-state index contributed by atoms with van der Waals surface area (Å²) in [6.07, 6.45) is -6.78. The van der Waals surface area contributed by atoms with E-state index in [2.05, 4.69) is 0 Å². The van der Waals surface area contributed by atoms with E-state index >= 15 is 0 Å². The minimum Gasteiger partial charge on any atom is -0.478 e. The topological polar surface area (TPSA) is 55.8 Å². The number of benzene rings is 2. The van der Waals surface area contributed by atoms with Gasteiger partial charge in [0.05, 0.1) is 21.2 Å². The molecule has 1 unspecified atom stereocenters. The standard InChI is InChI=1S/C19H13Cl2F3O4/c1-8-3-4-9(2)14(5-8)27-15-10-6-11(18(25)26)17(19(22,23)24)28-16(10)13(21)7-12(15)20/h3-7,17H,1-2H3,(H,25,26). The molecule has 0 spiro atoms. The second-order valence-electron chi connectivity index (χ2n) is 6.23. The summed E-state index contributed by atoms with van der Waals surface area (Å²) in [5.74, 6) is -1.76. The van der Waals surface area contributed by atoms with Gasteiger partial charge in [-0.25, -0.2) is 4.79 Å². The molecule has 9 heteroatoms. The highest BCUT2D eigenvalue weighted by atomic mass is 35.5. The summed E-state index contributed by atoms with van der Waals surface area (Å²) in [5, 5.41) is 9.05. The largest absolute Gasteiger partial charge is 0.478 e. The minimum atomic E-state index is -4.95. The van der Waals surface area contributed by atoms with Crippen LogP contribution in [0, 0.1) is 13.8 Å². The Morgan fingerprint density at radius 3 is 2.46 bits per heavy atom. The molecule has 1 aliphatic rings. The highest BCUT2D eigenvalue weighted by Crippen LogP contribution is 2.49. The minimum absolute atomic E-state index is 0.000274. The maximum Gasteiger partial charge on any atom is 0.430 e. The molecule has 0 fully saturated rings. The fraction of sp³-hybridized carbons (Fsp3) is 0.211. The molecule has 148 valence electrons. The van der Waals surface area contributed by atoms with E-state index in [4.69, 9.17) is 32.7 Å². The van der Waals surface area contributed by atoms with E-state index in [1.807, 2.05) is 13.0 Å². The van der Waals surface area contributed by atoms with Gasteiger partial charge in [-0.05, 0) is 43.2 Å². The van der Waals surface area contributed by atoms with Gasteiger partial charge in [-0.1, -0.05) is 35.3 Å². The zero-order valence-electron chi connectivity index (χ0n) is 14.5. The second-order valence-corrected chi connectivity index (χ2v) is 7.04. The Bertz CT molecular complexity index is 1000. The molecular weight excluding hydrogens is 420 g/mol. The number of fused-ring (bicyclic) bond motifs is 1. The number of rotatable bonds is 3. The van der Waals surface area contributed by atoms with Crippen molar-refractivity contribution in [2.45, 2.75) is 26.1 Å². The zero-order chi connectivity index (χ0) is 20.8. The number of alkyl halides is 3. The van der Waals surface area contributed by atoms with Crippen molar-refractivity contribution in [2.75, 3.05) is 0 Å². The number of aliphatic carboxylic acids is 1. The molecule has 3 rings (SSSR count). The summed E-state index contributed by atoms with van der Waals surface area (Å²) in [6.45, 7) is 3.62. The van der Waals surface area contributed by atoms with Gasteiger partial charge in [0.2, 0.25) is 6.10 Å². The molecule has 0 aliphatic carbocycles. The highest BCUT2D eigenvalue weighted by Gasteiger charge is 2.49. The predicted octanol–water partition coefficient (Wildman–Crippen LogP) is 6.19. The van der Waals surface area contributed by atoms with Gasteiger partial charge in [0.1, 0.15) is 11.5 Å². The van der Waals surface area contributed by atoms with Crippen LogP contribution >= 0.6 is 23.2 Å². The van der Waals surface area contributed by atoms with E-state index in [-0.39, 0.29) is 27.1 Å². The van der Waals surface area contributed by atoms with Crippen LogP contribution in [-0.4, -0.2) is 23.4 Å². The molecule has 2 aromatic rings. The number of halogens is 5. The van der Waals surface area contributed by atoms with Crippen molar-refractivity contribution in [1.82, 2.24) is 0 Å². The van der Waals surface area contributed by atoms with Gasteiger partial charge in [0, 0.05) is 0 Å². The van der Waals surface area contributed by atoms with Crippen LogP contribution in [0.2, 0.25) is 10.0 Å². The van der Waals surface area contributed by atoms with Crippen molar-refractivity contribution >= 4 is 35.2 Å². The van der Waals surface area contributed by atoms with Crippen molar-refractivity contribution in [3.05, 3.63) is 56.6 Å². The van der Waals surface area contributed by atoms with Crippen molar-refractivity contribution in [1.29, 1.82) is 0 Å². The predicted molar refractivity (Wildman–Crippen MR) is 98.5 cm³/mol. The SMILES string of the molecule is Cc1ccc(C)c(Oc2c(Cl)cc(Cl)c3c2C=C(C(=O)O)C(C(F)(F)F)O3)c1. The summed E-state index contributed by atoms with van der Waals surface area (Å²) in [6, 6.07) is 6.57. The second kappa shape index (κ2) is 7.22. The number of carboxylic acid groups (broad SMARTS) is 1. The molecule has 0 radical (unpaired) electrons. The van der Waals surface area contributed by atoms with Crippen LogP contribution in [0.15, 0.2) is 29.8 Å². The molecule has 4 nitrogen and oxygen atoms in total. The van der Waals surface area contributed by atoms with Crippen molar-refractivity contribution < 1.29 is 32.5 Å². The third-order valence-corrected chi connectivity index (χ3v) is 4.66. The van der Waals surface area contributed by atoms with Crippen LogP contribution in [0.4, 0.5) is 13.2 Å². The lowest BCUT2D eigenvalue weighted by atomic mass is 10.0. The maximum absolute atomic E-state index is 13.3. The van der Waals surface area contributed by atoms with Gasteiger partial charge in [0.15, 0.2) is 5.75 Å². The molecule has 0 bridgehead atoms. The van der Waals surface area contributed by atoms with Gasteiger partial charge in [-0.2, -0.15) is 13.2 Å².